The van der Waals surface area contributed by atoms with Gasteiger partial charge in [-0.05, 0) is 37.6 Å². The molecule has 0 spiro atoms. The van der Waals surface area contributed by atoms with Gasteiger partial charge in [-0.15, -0.1) is 0 Å². The number of rotatable bonds is 5. The van der Waals surface area contributed by atoms with Crippen LogP contribution >= 0.6 is 11.8 Å². The minimum absolute atomic E-state index is 0.107. The normalized spacial score (nSPS) is 13.5. The van der Waals surface area contributed by atoms with Crippen LogP contribution in [0.2, 0.25) is 0 Å². The molecule has 0 radical (unpaired) electrons. The summed E-state index contributed by atoms with van der Waals surface area (Å²) >= 11 is 1.30. The fraction of sp³-hybridized carbons (Fsp3) is 0.267. The van der Waals surface area contributed by atoms with Crippen molar-refractivity contribution in [1.29, 1.82) is 0 Å². The topological polar surface area (TPSA) is 54.9 Å². The highest BCUT2D eigenvalue weighted by Crippen LogP contribution is 2.20. The van der Waals surface area contributed by atoms with E-state index in [0.29, 0.717) is 5.16 Å². The van der Waals surface area contributed by atoms with Gasteiger partial charge in [0, 0.05) is 12.4 Å². The van der Waals surface area contributed by atoms with Crippen molar-refractivity contribution in [3.8, 4) is 0 Å². The molecule has 0 aliphatic carbocycles. The third-order valence-corrected chi connectivity index (χ3v) is 3.91. The molecule has 2 aromatic rings. The Hall–Kier alpha value is -1.95. The summed E-state index contributed by atoms with van der Waals surface area (Å²) in [6.07, 6.45) is 3.28. The fourth-order valence-corrected chi connectivity index (χ4v) is 2.46. The van der Waals surface area contributed by atoms with Gasteiger partial charge in [0.1, 0.15) is 5.82 Å². The van der Waals surface area contributed by atoms with Crippen LogP contribution in [0, 0.1) is 5.82 Å². The second-order valence-corrected chi connectivity index (χ2v) is 5.88. The Balaban J connectivity index is 1.92. The summed E-state index contributed by atoms with van der Waals surface area (Å²) in [5, 5.41) is 3.15. The van der Waals surface area contributed by atoms with Gasteiger partial charge in [0.2, 0.25) is 5.91 Å². The molecule has 1 amide bonds. The standard InChI is InChI=1S/C15H16FN3OS/c1-10(12-4-6-13(16)7-5-12)19-14(20)11(2)21-15-17-8-3-9-18-15/h3-11H,1-2H3,(H,19,20)/t10-,11+/m0/s1. The molecule has 0 unspecified atom stereocenters. The van der Waals surface area contributed by atoms with Gasteiger partial charge in [0.15, 0.2) is 5.16 Å². The average molecular weight is 305 g/mol. The lowest BCUT2D eigenvalue weighted by Crippen LogP contribution is -2.33. The van der Waals surface area contributed by atoms with Crippen molar-refractivity contribution in [1.82, 2.24) is 15.3 Å². The first-order chi connectivity index (χ1) is 10.1. The van der Waals surface area contributed by atoms with Crippen LogP contribution in [0.1, 0.15) is 25.5 Å². The van der Waals surface area contributed by atoms with Gasteiger partial charge in [-0.3, -0.25) is 4.79 Å². The maximum Gasteiger partial charge on any atom is 0.233 e. The number of aromatic nitrogens is 2. The second-order valence-electron chi connectivity index (χ2n) is 4.57. The Morgan fingerprint density at radius 2 is 1.81 bits per heavy atom. The predicted molar refractivity (Wildman–Crippen MR) is 80.3 cm³/mol. The van der Waals surface area contributed by atoms with Crippen LogP contribution in [0.15, 0.2) is 47.9 Å². The Morgan fingerprint density at radius 3 is 2.43 bits per heavy atom. The van der Waals surface area contributed by atoms with Crippen LogP contribution in [0.4, 0.5) is 4.39 Å². The molecule has 110 valence electrons. The summed E-state index contributed by atoms with van der Waals surface area (Å²) in [7, 11) is 0. The Morgan fingerprint density at radius 1 is 1.19 bits per heavy atom. The highest BCUT2D eigenvalue weighted by Gasteiger charge is 2.18. The highest BCUT2D eigenvalue weighted by molar-refractivity contribution is 8.00. The first-order valence-corrected chi connectivity index (χ1v) is 7.43. The van der Waals surface area contributed by atoms with Crippen LogP contribution in [-0.2, 0) is 4.79 Å². The van der Waals surface area contributed by atoms with E-state index in [4.69, 9.17) is 0 Å². The quantitative estimate of drug-likeness (QED) is 0.681. The number of amides is 1. The summed E-state index contributed by atoms with van der Waals surface area (Å²) < 4.78 is 12.9. The van der Waals surface area contributed by atoms with E-state index in [1.54, 1.807) is 37.5 Å². The second kappa shape index (κ2) is 7.17. The molecule has 1 heterocycles. The first-order valence-electron chi connectivity index (χ1n) is 6.56. The SMILES string of the molecule is C[C@H](NC(=O)[C@@H](C)Sc1ncccn1)c1ccc(F)cc1. The number of nitrogens with one attached hydrogen (secondary N) is 1. The zero-order valence-corrected chi connectivity index (χ0v) is 12.6. The molecule has 1 aromatic carbocycles. The molecule has 0 saturated heterocycles. The number of carbonyl (C=O) groups is 1. The van der Waals surface area contributed by atoms with Crippen molar-refractivity contribution >= 4 is 17.7 Å². The minimum atomic E-state index is -0.310. The third kappa shape index (κ3) is 4.53. The number of carbonyl (C=O) groups excluding carboxylic acids is 1. The molecule has 0 aliphatic heterocycles. The Labute approximate surface area is 127 Å². The van der Waals surface area contributed by atoms with Crippen LogP contribution in [0.5, 0.6) is 0 Å². The van der Waals surface area contributed by atoms with Crippen molar-refractivity contribution in [2.45, 2.75) is 30.3 Å². The summed E-state index contributed by atoms with van der Waals surface area (Å²) in [5.41, 5.74) is 0.859. The van der Waals surface area contributed by atoms with Gasteiger partial charge >= 0.3 is 0 Å². The molecular weight excluding hydrogens is 289 g/mol. The van der Waals surface area contributed by atoms with Crippen molar-refractivity contribution in [2.24, 2.45) is 0 Å². The van der Waals surface area contributed by atoms with E-state index in [0.717, 1.165) is 5.56 Å². The molecule has 2 rings (SSSR count). The zero-order valence-electron chi connectivity index (χ0n) is 11.8. The molecule has 4 nitrogen and oxygen atoms in total. The predicted octanol–water partition coefficient (Wildman–Crippen LogP) is 2.97. The number of hydrogen-bond donors (Lipinski definition) is 1. The molecule has 0 saturated carbocycles. The number of benzene rings is 1. The average Bonchev–Trinajstić information content (AvgIpc) is 2.48. The summed E-state index contributed by atoms with van der Waals surface area (Å²) in [6.45, 7) is 3.66. The molecule has 1 N–H and O–H groups in total. The van der Waals surface area contributed by atoms with Gasteiger partial charge in [0.05, 0.1) is 11.3 Å². The van der Waals surface area contributed by atoms with E-state index in [1.165, 1.54) is 23.9 Å². The lowest BCUT2D eigenvalue weighted by Gasteiger charge is -2.17. The van der Waals surface area contributed by atoms with Crippen molar-refractivity contribution in [2.75, 3.05) is 0 Å². The van der Waals surface area contributed by atoms with Gasteiger partial charge in [0.25, 0.3) is 0 Å². The molecule has 0 aliphatic rings. The number of nitrogens with zero attached hydrogens (tertiary/aromatic N) is 2. The number of thioether (sulfide) groups is 1. The summed E-state index contributed by atoms with van der Waals surface area (Å²) in [4.78, 5) is 20.3. The Kier molecular flexibility index (Phi) is 5.27. The van der Waals surface area contributed by atoms with Crippen molar-refractivity contribution in [3.63, 3.8) is 0 Å². The molecule has 1 aromatic heterocycles. The van der Waals surface area contributed by atoms with Gasteiger partial charge < -0.3 is 5.32 Å². The molecule has 0 bridgehead atoms. The van der Waals surface area contributed by atoms with Crippen LogP contribution in [0.25, 0.3) is 0 Å². The monoisotopic (exact) mass is 305 g/mol. The van der Waals surface area contributed by atoms with E-state index in [-0.39, 0.29) is 23.0 Å². The Bertz CT molecular complexity index is 592. The first kappa shape index (κ1) is 15.4. The smallest absolute Gasteiger partial charge is 0.233 e. The van der Waals surface area contributed by atoms with Crippen LogP contribution in [-0.4, -0.2) is 21.1 Å². The number of halogens is 1. The third-order valence-electron chi connectivity index (χ3n) is 2.92. The lowest BCUT2D eigenvalue weighted by atomic mass is 10.1. The van der Waals surface area contributed by atoms with E-state index in [1.807, 2.05) is 6.92 Å². The molecule has 6 heteroatoms. The number of hydrogen-bond acceptors (Lipinski definition) is 4. The van der Waals surface area contributed by atoms with Gasteiger partial charge in [-0.2, -0.15) is 0 Å². The van der Waals surface area contributed by atoms with Gasteiger partial charge in [-0.25, -0.2) is 14.4 Å². The molecule has 0 fully saturated rings. The van der Waals surface area contributed by atoms with E-state index in [2.05, 4.69) is 15.3 Å². The highest BCUT2D eigenvalue weighted by atomic mass is 32.2. The van der Waals surface area contributed by atoms with Gasteiger partial charge in [-0.1, -0.05) is 23.9 Å². The fourth-order valence-electron chi connectivity index (χ4n) is 1.72. The van der Waals surface area contributed by atoms with E-state index in [9.17, 15) is 9.18 Å². The maximum absolute atomic E-state index is 12.9. The largest absolute Gasteiger partial charge is 0.349 e. The minimum Gasteiger partial charge on any atom is -0.349 e. The molecule has 2 atom stereocenters. The molecule has 21 heavy (non-hydrogen) atoms. The molecular formula is C15H16FN3OS. The van der Waals surface area contributed by atoms with E-state index >= 15 is 0 Å². The summed E-state index contributed by atoms with van der Waals surface area (Å²) in [5.74, 6) is -0.397. The van der Waals surface area contributed by atoms with Crippen molar-refractivity contribution < 1.29 is 9.18 Å². The zero-order chi connectivity index (χ0) is 15.2. The van der Waals surface area contributed by atoms with Crippen molar-refractivity contribution in [3.05, 3.63) is 54.1 Å². The lowest BCUT2D eigenvalue weighted by molar-refractivity contribution is -0.120. The van der Waals surface area contributed by atoms with E-state index < -0.39 is 0 Å². The summed E-state index contributed by atoms with van der Waals surface area (Å²) in [6, 6.07) is 7.64. The van der Waals surface area contributed by atoms with Crippen LogP contribution in [0.3, 0.4) is 0 Å². The maximum atomic E-state index is 12.9. The van der Waals surface area contributed by atoms with Crippen LogP contribution < -0.4 is 5.32 Å².